The molecule has 1 N–H and O–H groups in total. The maximum atomic E-state index is 10.6. The summed E-state index contributed by atoms with van der Waals surface area (Å²) in [4.78, 5) is 14.6. The summed E-state index contributed by atoms with van der Waals surface area (Å²) >= 11 is 3.42. The molecule has 0 radical (unpaired) electrons. The minimum atomic E-state index is -0.569. The van der Waals surface area contributed by atoms with E-state index in [4.69, 9.17) is 0 Å². The van der Waals surface area contributed by atoms with Gasteiger partial charge in [0, 0.05) is 10.0 Å². The molecule has 0 saturated heterocycles. The number of hydrogen-bond acceptors (Lipinski definition) is 3. The first-order chi connectivity index (χ1) is 8.09. The molecule has 1 saturated carbocycles. The largest absolute Gasteiger partial charge is 0.507 e. The molecule has 0 heterocycles. The second-order valence-electron chi connectivity index (χ2n) is 4.56. The van der Waals surface area contributed by atoms with Gasteiger partial charge in [0.2, 0.25) is 6.08 Å². The summed E-state index contributed by atoms with van der Waals surface area (Å²) in [5, 5.41) is 10.2. The van der Waals surface area contributed by atoms with Gasteiger partial charge in [0.1, 0.15) is 11.3 Å². The summed E-state index contributed by atoms with van der Waals surface area (Å²) < 4.78 is 0.898. The van der Waals surface area contributed by atoms with E-state index in [1.807, 2.05) is 19.1 Å². The molecule has 2 rings (SSSR count). The number of aliphatic imine (C=N–C) groups is 1. The van der Waals surface area contributed by atoms with E-state index in [1.165, 1.54) is 0 Å². The van der Waals surface area contributed by atoms with Crippen LogP contribution in [0.4, 0.5) is 0 Å². The number of aromatic hydroxyl groups is 1. The first-order valence-corrected chi connectivity index (χ1v) is 6.47. The summed E-state index contributed by atoms with van der Waals surface area (Å²) in [6.45, 7) is 1.84. The lowest BCUT2D eigenvalue weighted by Crippen LogP contribution is -2.19. The summed E-state index contributed by atoms with van der Waals surface area (Å²) in [5.74, 6) is 0.245. The molecular weight excluding hydrogens is 282 g/mol. The van der Waals surface area contributed by atoms with Gasteiger partial charge in [-0.3, -0.25) is 0 Å². The fourth-order valence-corrected chi connectivity index (χ4v) is 3.15. The van der Waals surface area contributed by atoms with Crippen molar-refractivity contribution in [2.75, 3.05) is 0 Å². The zero-order chi connectivity index (χ0) is 12.5. The lowest BCUT2D eigenvalue weighted by Gasteiger charge is -2.24. The number of rotatable bonds is 2. The highest BCUT2D eigenvalue weighted by atomic mass is 79.9. The number of phenols is 1. The minimum absolute atomic E-state index is 0.245. The van der Waals surface area contributed by atoms with Gasteiger partial charge in [-0.2, -0.15) is 4.99 Å². The van der Waals surface area contributed by atoms with Gasteiger partial charge in [-0.15, -0.1) is 0 Å². The lowest BCUT2D eigenvalue weighted by molar-refractivity contribution is 0.406. The Morgan fingerprint density at radius 1 is 1.41 bits per heavy atom. The van der Waals surface area contributed by atoms with Crippen LogP contribution in [0.5, 0.6) is 5.75 Å². The molecule has 1 aromatic carbocycles. The van der Waals surface area contributed by atoms with E-state index in [0.29, 0.717) is 0 Å². The summed E-state index contributed by atoms with van der Waals surface area (Å²) in [6, 6.07) is 3.71. The van der Waals surface area contributed by atoms with E-state index in [-0.39, 0.29) is 5.75 Å². The van der Waals surface area contributed by atoms with Crippen LogP contribution in [0.3, 0.4) is 0 Å². The molecule has 0 bridgehead atoms. The molecule has 0 aliphatic heterocycles. The summed E-state index contributed by atoms with van der Waals surface area (Å²) in [5.41, 5.74) is 0.965. The molecule has 0 aromatic heterocycles. The van der Waals surface area contributed by atoms with E-state index in [9.17, 15) is 9.90 Å². The number of benzene rings is 1. The van der Waals surface area contributed by atoms with Crippen LogP contribution in [0.2, 0.25) is 0 Å². The molecule has 1 aromatic rings. The Kier molecular flexibility index (Phi) is 3.36. The number of aryl methyl sites for hydroxylation is 1. The van der Waals surface area contributed by atoms with Crippen molar-refractivity contribution in [3.8, 4) is 5.75 Å². The highest BCUT2D eigenvalue weighted by Gasteiger charge is 2.38. The SMILES string of the molecule is Cc1cc(Br)cc(C2(N=C=O)CCCC2)c1O. The van der Waals surface area contributed by atoms with Crippen LogP contribution < -0.4 is 0 Å². The van der Waals surface area contributed by atoms with Crippen LogP contribution in [0.15, 0.2) is 21.6 Å². The van der Waals surface area contributed by atoms with Gasteiger partial charge in [0.05, 0.1) is 0 Å². The fraction of sp³-hybridized carbons (Fsp3) is 0.462. The van der Waals surface area contributed by atoms with Crippen LogP contribution in [-0.2, 0) is 10.3 Å². The van der Waals surface area contributed by atoms with Crippen molar-refractivity contribution in [2.45, 2.75) is 38.1 Å². The van der Waals surface area contributed by atoms with E-state index >= 15 is 0 Å². The van der Waals surface area contributed by atoms with E-state index < -0.39 is 5.54 Å². The molecular formula is C13H14BrNO2. The number of hydrogen-bond donors (Lipinski definition) is 1. The number of isocyanates is 1. The van der Waals surface area contributed by atoms with Gasteiger partial charge in [0.15, 0.2) is 0 Å². The van der Waals surface area contributed by atoms with Gasteiger partial charge < -0.3 is 5.11 Å². The highest BCUT2D eigenvalue weighted by Crippen LogP contribution is 2.47. The van der Waals surface area contributed by atoms with Crippen molar-refractivity contribution in [3.05, 3.63) is 27.7 Å². The van der Waals surface area contributed by atoms with Crippen LogP contribution >= 0.6 is 15.9 Å². The van der Waals surface area contributed by atoms with E-state index in [0.717, 1.165) is 41.3 Å². The van der Waals surface area contributed by atoms with Gasteiger partial charge >= 0.3 is 0 Å². The van der Waals surface area contributed by atoms with Crippen molar-refractivity contribution >= 4 is 22.0 Å². The van der Waals surface area contributed by atoms with Crippen molar-refractivity contribution in [2.24, 2.45) is 4.99 Å². The number of phenolic OH excluding ortho intramolecular Hbond substituents is 1. The van der Waals surface area contributed by atoms with Crippen LogP contribution in [-0.4, -0.2) is 11.2 Å². The molecule has 4 heteroatoms. The van der Waals surface area contributed by atoms with Crippen LogP contribution in [0, 0.1) is 6.92 Å². The quantitative estimate of drug-likeness (QED) is 0.670. The molecule has 0 spiro atoms. The maximum Gasteiger partial charge on any atom is 0.235 e. The first kappa shape index (κ1) is 12.3. The Bertz CT molecular complexity index is 486. The zero-order valence-electron chi connectivity index (χ0n) is 9.66. The van der Waals surface area contributed by atoms with E-state index in [2.05, 4.69) is 20.9 Å². The Balaban J connectivity index is 2.61. The number of halogens is 1. The first-order valence-electron chi connectivity index (χ1n) is 5.68. The van der Waals surface area contributed by atoms with Gasteiger partial charge in [-0.1, -0.05) is 28.8 Å². The topological polar surface area (TPSA) is 49.7 Å². The average Bonchev–Trinajstić information content (AvgIpc) is 2.73. The van der Waals surface area contributed by atoms with Gasteiger partial charge in [-0.25, -0.2) is 4.79 Å². The molecule has 1 aliphatic rings. The second kappa shape index (κ2) is 4.63. The van der Waals surface area contributed by atoms with Crippen molar-refractivity contribution in [3.63, 3.8) is 0 Å². The van der Waals surface area contributed by atoms with Crippen LogP contribution in [0.25, 0.3) is 0 Å². The normalized spacial score (nSPS) is 17.8. The third-order valence-electron chi connectivity index (χ3n) is 3.46. The highest BCUT2D eigenvalue weighted by molar-refractivity contribution is 9.10. The molecule has 0 amide bonds. The second-order valence-corrected chi connectivity index (χ2v) is 5.48. The molecule has 1 aliphatic carbocycles. The third-order valence-corrected chi connectivity index (χ3v) is 3.91. The van der Waals surface area contributed by atoms with Crippen molar-refractivity contribution < 1.29 is 9.90 Å². The molecule has 0 unspecified atom stereocenters. The Labute approximate surface area is 109 Å². The fourth-order valence-electron chi connectivity index (χ4n) is 2.58. The standard InChI is InChI=1S/C13H14BrNO2/c1-9-6-10(14)7-11(12(9)17)13(15-8-16)4-2-3-5-13/h6-7,17H,2-5H2,1H3. The summed E-state index contributed by atoms with van der Waals surface area (Å²) in [6.07, 6.45) is 5.31. The van der Waals surface area contributed by atoms with Crippen molar-refractivity contribution in [1.29, 1.82) is 0 Å². The molecule has 3 nitrogen and oxygen atoms in total. The third kappa shape index (κ3) is 2.15. The molecule has 0 atom stereocenters. The zero-order valence-corrected chi connectivity index (χ0v) is 11.2. The average molecular weight is 296 g/mol. The van der Waals surface area contributed by atoms with Gasteiger partial charge in [0.25, 0.3) is 0 Å². The van der Waals surface area contributed by atoms with Crippen molar-refractivity contribution in [1.82, 2.24) is 0 Å². The smallest absolute Gasteiger partial charge is 0.235 e. The Hall–Kier alpha value is -1.12. The number of nitrogens with zero attached hydrogens (tertiary/aromatic N) is 1. The Morgan fingerprint density at radius 3 is 2.65 bits per heavy atom. The molecule has 17 heavy (non-hydrogen) atoms. The van der Waals surface area contributed by atoms with Gasteiger partial charge in [-0.05, 0) is 37.5 Å². The Morgan fingerprint density at radius 2 is 2.06 bits per heavy atom. The monoisotopic (exact) mass is 295 g/mol. The predicted octanol–water partition coefficient (Wildman–Crippen LogP) is 3.57. The summed E-state index contributed by atoms with van der Waals surface area (Å²) in [7, 11) is 0. The van der Waals surface area contributed by atoms with E-state index in [1.54, 1.807) is 6.08 Å². The maximum absolute atomic E-state index is 10.6. The minimum Gasteiger partial charge on any atom is -0.507 e. The van der Waals surface area contributed by atoms with Crippen LogP contribution in [0.1, 0.15) is 36.8 Å². The lowest BCUT2D eigenvalue weighted by atomic mass is 9.87. The molecule has 90 valence electrons. The number of carbonyl (C=O) groups excluding carboxylic acids is 1. The predicted molar refractivity (Wildman–Crippen MR) is 68.8 cm³/mol. The molecule has 1 fully saturated rings.